The van der Waals surface area contributed by atoms with E-state index in [0.717, 1.165) is 49.8 Å². The number of nitrogens with zero attached hydrogens (tertiary/aromatic N) is 4. The van der Waals surface area contributed by atoms with Crippen LogP contribution < -0.4 is 0 Å². The minimum absolute atomic E-state index is 0.589. The summed E-state index contributed by atoms with van der Waals surface area (Å²) in [5.41, 5.74) is 6.99. The average Bonchev–Trinajstić information content (AvgIpc) is 3.39. The molecule has 0 amide bonds. The fourth-order valence-electron chi connectivity index (χ4n) is 4.76. The summed E-state index contributed by atoms with van der Waals surface area (Å²) >= 11 is 0. The normalized spacial score (nSPS) is 11.1. The van der Waals surface area contributed by atoms with Gasteiger partial charge in [0, 0.05) is 27.5 Å². The number of benzene rings is 5. The van der Waals surface area contributed by atoms with E-state index >= 15 is 0 Å². The van der Waals surface area contributed by atoms with Gasteiger partial charge < -0.3 is 4.42 Å². The summed E-state index contributed by atoms with van der Waals surface area (Å²) in [6.45, 7) is 7.18. The molecule has 5 aromatic carbocycles. The highest BCUT2D eigenvalue weighted by molar-refractivity contribution is 6.06. The number of hydrogen-bond acceptors (Lipinski definition) is 4. The minimum Gasteiger partial charge on any atom is -0.456 e. The van der Waals surface area contributed by atoms with Crippen molar-refractivity contribution >= 4 is 27.6 Å². The molecule has 5 heteroatoms. The van der Waals surface area contributed by atoms with Gasteiger partial charge in [0.05, 0.1) is 6.57 Å². The Morgan fingerprint density at radius 3 is 1.46 bits per heavy atom. The van der Waals surface area contributed by atoms with Gasteiger partial charge in [-0.1, -0.05) is 97.1 Å². The van der Waals surface area contributed by atoms with Crippen LogP contribution in [0.4, 0.5) is 5.69 Å². The molecule has 39 heavy (non-hydrogen) atoms. The molecule has 5 nitrogen and oxygen atoms in total. The van der Waals surface area contributed by atoms with Crippen molar-refractivity contribution in [3.8, 4) is 45.3 Å². The Balaban J connectivity index is 1.34. The maximum atomic E-state index is 7.18. The molecule has 182 valence electrons. The molecular weight excluding hydrogens is 480 g/mol. The van der Waals surface area contributed by atoms with Crippen LogP contribution in [-0.2, 0) is 0 Å². The SMILES string of the molecule is [C-]#[N+]c1ccc(-c2ccc3c(c2)oc2cc(-c4nc(-c5ccccc5)nc(-c5ccccc5)n4)ccc23)cc1. The quantitative estimate of drug-likeness (QED) is 0.226. The van der Waals surface area contributed by atoms with Crippen molar-refractivity contribution in [2.45, 2.75) is 0 Å². The Kier molecular flexibility index (Phi) is 5.42. The second-order valence-corrected chi connectivity index (χ2v) is 9.22. The fourth-order valence-corrected chi connectivity index (χ4v) is 4.76. The summed E-state index contributed by atoms with van der Waals surface area (Å²) < 4.78 is 6.33. The van der Waals surface area contributed by atoms with Crippen molar-refractivity contribution in [3.05, 3.63) is 133 Å². The number of furan rings is 1. The van der Waals surface area contributed by atoms with E-state index < -0.39 is 0 Å². The van der Waals surface area contributed by atoms with Crippen LogP contribution in [0.15, 0.2) is 126 Å². The van der Waals surface area contributed by atoms with E-state index in [0.29, 0.717) is 23.2 Å². The Hall–Kier alpha value is -5.60. The summed E-state index contributed by atoms with van der Waals surface area (Å²) in [5.74, 6) is 1.83. The van der Waals surface area contributed by atoms with Gasteiger partial charge in [-0.25, -0.2) is 19.8 Å². The lowest BCUT2D eigenvalue weighted by Gasteiger charge is -2.08. The van der Waals surface area contributed by atoms with Crippen LogP contribution in [0.2, 0.25) is 0 Å². The van der Waals surface area contributed by atoms with E-state index in [1.54, 1.807) is 0 Å². The second-order valence-electron chi connectivity index (χ2n) is 9.22. The van der Waals surface area contributed by atoms with Crippen molar-refractivity contribution in [1.29, 1.82) is 0 Å². The Labute approximate surface area is 224 Å². The van der Waals surface area contributed by atoms with Crippen molar-refractivity contribution < 1.29 is 4.42 Å². The maximum Gasteiger partial charge on any atom is 0.187 e. The molecule has 7 rings (SSSR count). The van der Waals surface area contributed by atoms with Gasteiger partial charge in [-0.3, -0.25) is 0 Å². The van der Waals surface area contributed by atoms with Crippen molar-refractivity contribution in [2.75, 3.05) is 0 Å². The molecule has 2 heterocycles. The molecule has 0 fully saturated rings. The first-order chi connectivity index (χ1) is 19.2. The van der Waals surface area contributed by atoms with Gasteiger partial charge in [0.2, 0.25) is 0 Å². The van der Waals surface area contributed by atoms with E-state index in [9.17, 15) is 0 Å². The number of aromatic nitrogens is 3. The second kappa shape index (κ2) is 9.37. The molecule has 2 aromatic heterocycles. The van der Waals surface area contributed by atoms with Gasteiger partial charge in [-0.05, 0) is 35.4 Å². The summed E-state index contributed by atoms with van der Waals surface area (Å²) in [7, 11) is 0. The molecule has 0 saturated heterocycles. The van der Waals surface area contributed by atoms with Crippen LogP contribution in [-0.4, -0.2) is 15.0 Å². The summed E-state index contributed by atoms with van der Waals surface area (Å²) in [5, 5.41) is 2.08. The van der Waals surface area contributed by atoms with E-state index in [2.05, 4.69) is 23.0 Å². The highest BCUT2D eigenvalue weighted by Gasteiger charge is 2.15. The van der Waals surface area contributed by atoms with Crippen LogP contribution in [0.1, 0.15) is 0 Å². The van der Waals surface area contributed by atoms with Crippen LogP contribution in [0.25, 0.3) is 72.1 Å². The number of rotatable bonds is 4. The fraction of sp³-hybridized carbons (Fsp3) is 0. The van der Waals surface area contributed by atoms with Gasteiger partial charge in [0.1, 0.15) is 11.2 Å². The van der Waals surface area contributed by atoms with Crippen LogP contribution in [0.3, 0.4) is 0 Å². The average molecular weight is 501 g/mol. The lowest BCUT2D eigenvalue weighted by atomic mass is 10.0. The summed E-state index contributed by atoms with van der Waals surface area (Å²) in [6.07, 6.45) is 0. The number of fused-ring (bicyclic) bond motifs is 3. The summed E-state index contributed by atoms with van der Waals surface area (Å²) in [6, 6.07) is 39.8. The van der Waals surface area contributed by atoms with Gasteiger partial charge in [0.15, 0.2) is 23.2 Å². The molecule has 7 aromatic rings. The first kappa shape index (κ1) is 22.6. The zero-order valence-corrected chi connectivity index (χ0v) is 20.7. The first-order valence-electron chi connectivity index (χ1n) is 12.6. The predicted molar refractivity (Wildman–Crippen MR) is 155 cm³/mol. The van der Waals surface area contributed by atoms with E-state index in [4.69, 9.17) is 25.9 Å². The molecule has 0 N–H and O–H groups in total. The van der Waals surface area contributed by atoms with Gasteiger partial charge in [-0.15, -0.1) is 0 Å². The van der Waals surface area contributed by atoms with Crippen molar-refractivity contribution in [3.63, 3.8) is 0 Å². The van der Waals surface area contributed by atoms with Crippen LogP contribution >= 0.6 is 0 Å². The lowest BCUT2D eigenvalue weighted by Crippen LogP contribution is -2.00. The van der Waals surface area contributed by atoms with Gasteiger partial charge in [-0.2, -0.15) is 0 Å². The molecule has 0 radical (unpaired) electrons. The molecule has 0 unspecified atom stereocenters. The highest BCUT2D eigenvalue weighted by atomic mass is 16.3. The highest BCUT2D eigenvalue weighted by Crippen LogP contribution is 2.35. The Morgan fingerprint density at radius 2 is 0.923 bits per heavy atom. The van der Waals surface area contributed by atoms with Crippen molar-refractivity contribution in [2.24, 2.45) is 0 Å². The van der Waals surface area contributed by atoms with Crippen LogP contribution in [0.5, 0.6) is 0 Å². The Bertz CT molecular complexity index is 1950. The monoisotopic (exact) mass is 500 g/mol. The summed E-state index contributed by atoms with van der Waals surface area (Å²) in [4.78, 5) is 17.9. The first-order valence-corrected chi connectivity index (χ1v) is 12.6. The van der Waals surface area contributed by atoms with E-state index in [1.165, 1.54) is 0 Å². The minimum atomic E-state index is 0.589. The lowest BCUT2D eigenvalue weighted by molar-refractivity contribution is 0.669. The molecule has 0 aliphatic rings. The van der Waals surface area contributed by atoms with Gasteiger partial charge in [0.25, 0.3) is 0 Å². The molecule has 0 aliphatic carbocycles. The van der Waals surface area contributed by atoms with E-state index in [1.807, 2.05) is 103 Å². The smallest absolute Gasteiger partial charge is 0.187 e. The standard InChI is InChI=1S/C34H20N4O/c1-35-27-16-12-22(13-17-27)25-14-18-28-29-19-15-26(21-31(29)39-30(28)20-25)34-37-32(23-8-4-2-5-9-23)36-33(38-34)24-10-6-3-7-11-24/h2-21H. The molecule has 0 aliphatic heterocycles. The third-order valence-corrected chi connectivity index (χ3v) is 6.76. The Morgan fingerprint density at radius 1 is 0.462 bits per heavy atom. The van der Waals surface area contributed by atoms with Gasteiger partial charge >= 0.3 is 0 Å². The third-order valence-electron chi connectivity index (χ3n) is 6.76. The molecule has 0 saturated carbocycles. The third kappa shape index (κ3) is 4.20. The molecule has 0 spiro atoms. The largest absolute Gasteiger partial charge is 0.456 e. The molecule has 0 bridgehead atoms. The van der Waals surface area contributed by atoms with Crippen LogP contribution in [0, 0.1) is 6.57 Å². The predicted octanol–water partition coefficient (Wildman–Crippen LogP) is 8.99. The molecular formula is C34H20N4O. The zero-order chi connectivity index (χ0) is 26.2. The zero-order valence-electron chi connectivity index (χ0n) is 20.7. The van der Waals surface area contributed by atoms with E-state index in [-0.39, 0.29) is 0 Å². The number of hydrogen-bond donors (Lipinski definition) is 0. The topological polar surface area (TPSA) is 56.2 Å². The molecule has 0 atom stereocenters. The van der Waals surface area contributed by atoms with Crippen molar-refractivity contribution in [1.82, 2.24) is 15.0 Å². The maximum absolute atomic E-state index is 7.18.